The first kappa shape index (κ1) is 24.6. The Hall–Kier alpha value is -3.04. The highest BCUT2D eigenvalue weighted by Crippen LogP contribution is 2.34. The summed E-state index contributed by atoms with van der Waals surface area (Å²) in [6.07, 6.45) is -3.50. The number of carbonyl (C=O) groups excluding carboxylic acids is 1. The lowest BCUT2D eigenvalue weighted by atomic mass is 10.1. The number of sulfonamides is 1. The van der Waals surface area contributed by atoms with Crippen molar-refractivity contribution in [1.29, 1.82) is 0 Å². The van der Waals surface area contributed by atoms with Crippen molar-refractivity contribution in [1.82, 2.24) is 0 Å². The molecule has 1 N–H and O–H groups in total. The number of hydrogen-bond donors (Lipinski definition) is 1. The summed E-state index contributed by atoms with van der Waals surface area (Å²) in [6.45, 7) is 2.03. The smallest absolute Gasteiger partial charge is 0.321 e. The molecule has 0 aromatic heterocycles. The fourth-order valence-corrected chi connectivity index (χ4v) is 4.08. The lowest BCUT2D eigenvalue weighted by Gasteiger charge is -2.23. The number of benzene rings is 3. The Morgan fingerprint density at radius 1 is 1.00 bits per heavy atom. The number of hydrogen-bond acceptors (Lipinski definition) is 3. The zero-order valence-corrected chi connectivity index (χ0v) is 19.2. The highest BCUT2D eigenvalue weighted by atomic mass is 35.5. The molecular formula is C23H20ClF3N2O3S. The van der Waals surface area contributed by atoms with Crippen molar-refractivity contribution in [2.45, 2.75) is 19.6 Å². The fraction of sp³-hybridized carbons (Fsp3) is 0.174. The van der Waals surface area contributed by atoms with Crippen LogP contribution in [0.2, 0.25) is 5.02 Å². The molecule has 3 rings (SSSR count). The molecule has 3 aromatic carbocycles. The molecule has 0 aliphatic rings. The number of nitrogens with one attached hydrogen (secondary N) is 1. The molecule has 0 spiro atoms. The van der Waals surface area contributed by atoms with E-state index in [2.05, 4.69) is 5.32 Å². The van der Waals surface area contributed by atoms with Gasteiger partial charge in [-0.25, -0.2) is 8.42 Å². The molecular weight excluding hydrogens is 477 g/mol. The lowest BCUT2D eigenvalue weighted by molar-refractivity contribution is -0.137. The van der Waals surface area contributed by atoms with E-state index < -0.39 is 27.7 Å². The maximum absolute atomic E-state index is 12.9. The first-order chi connectivity index (χ1) is 15.3. The van der Waals surface area contributed by atoms with Crippen LogP contribution in [0.25, 0.3) is 0 Å². The number of rotatable bonds is 6. The Labute approximate surface area is 194 Å². The highest BCUT2D eigenvalue weighted by molar-refractivity contribution is 7.92. The largest absolute Gasteiger partial charge is 0.416 e. The summed E-state index contributed by atoms with van der Waals surface area (Å²) < 4.78 is 64.7. The number of nitrogens with zero attached hydrogens (tertiary/aromatic N) is 1. The predicted molar refractivity (Wildman–Crippen MR) is 123 cm³/mol. The molecule has 0 radical (unpaired) electrons. The van der Waals surface area contributed by atoms with E-state index in [0.717, 1.165) is 35.6 Å². The van der Waals surface area contributed by atoms with Gasteiger partial charge in [0, 0.05) is 5.56 Å². The topological polar surface area (TPSA) is 66.5 Å². The predicted octanol–water partition coefficient (Wildman–Crippen LogP) is 5.89. The molecule has 0 heterocycles. The zero-order valence-electron chi connectivity index (χ0n) is 17.7. The van der Waals surface area contributed by atoms with Crippen molar-refractivity contribution in [2.75, 3.05) is 15.9 Å². The van der Waals surface area contributed by atoms with Crippen molar-refractivity contribution < 1.29 is 26.4 Å². The number of halogens is 4. The Morgan fingerprint density at radius 2 is 1.61 bits per heavy atom. The quantitative estimate of drug-likeness (QED) is 0.463. The third kappa shape index (κ3) is 6.27. The molecule has 0 atom stereocenters. The molecule has 0 bridgehead atoms. The third-order valence-corrected chi connectivity index (χ3v) is 6.28. The van der Waals surface area contributed by atoms with E-state index >= 15 is 0 Å². The van der Waals surface area contributed by atoms with Crippen LogP contribution >= 0.6 is 11.6 Å². The van der Waals surface area contributed by atoms with E-state index in [-0.39, 0.29) is 22.8 Å². The van der Waals surface area contributed by atoms with Gasteiger partial charge in [-0.3, -0.25) is 9.10 Å². The Morgan fingerprint density at radius 3 is 2.15 bits per heavy atom. The number of alkyl halides is 3. The van der Waals surface area contributed by atoms with Crippen molar-refractivity contribution in [3.63, 3.8) is 0 Å². The molecule has 0 saturated heterocycles. The summed E-state index contributed by atoms with van der Waals surface area (Å²) in [5, 5.41) is 2.31. The number of anilines is 2. The summed E-state index contributed by atoms with van der Waals surface area (Å²) in [7, 11) is -3.62. The van der Waals surface area contributed by atoms with Gasteiger partial charge in [-0.15, -0.1) is 0 Å². The molecule has 0 aliphatic heterocycles. The monoisotopic (exact) mass is 496 g/mol. The minimum atomic E-state index is -4.59. The molecule has 0 saturated carbocycles. The average Bonchev–Trinajstić information content (AvgIpc) is 2.73. The molecule has 0 unspecified atom stereocenters. The number of carbonyl (C=O) groups is 1. The van der Waals surface area contributed by atoms with Crippen LogP contribution in [0, 0.1) is 6.92 Å². The lowest BCUT2D eigenvalue weighted by Crippen LogP contribution is -2.29. The Balaban J connectivity index is 1.82. The van der Waals surface area contributed by atoms with E-state index in [4.69, 9.17) is 11.6 Å². The first-order valence-corrected chi connectivity index (χ1v) is 11.9. The second-order valence-electron chi connectivity index (χ2n) is 7.45. The van der Waals surface area contributed by atoms with Crippen molar-refractivity contribution in [3.8, 4) is 0 Å². The van der Waals surface area contributed by atoms with Crippen LogP contribution in [0.4, 0.5) is 24.5 Å². The fourth-order valence-electron chi connectivity index (χ4n) is 3.03. The van der Waals surface area contributed by atoms with Gasteiger partial charge < -0.3 is 5.32 Å². The van der Waals surface area contributed by atoms with Crippen LogP contribution in [0.5, 0.6) is 0 Å². The summed E-state index contributed by atoms with van der Waals surface area (Å²) in [4.78, 5) is 12.5. The van der Waals surface area contributed by atoms with Gasteiger partial charge in [-0.05, 0) is 55.0 Å². The maximum atomic E-state index is 12.9. The van der Waals surface area contributed by atoms with Gasteiger partial charge in [0.15, 0.2) is 0 Å². The normalized spacial score (nSPS) is 11.8. The second-order valence-corrected chi connectivity index (χ2v) is 9.76. The molecule has 0 aliphatic carbocycles. The SMILES string of the molecule is Cc1ccc(CN(c2ccc(C(=O)Nc3cc(C(F)(F)F)ccc3Cl)cc2)S(C)(=O)=O)cc1. The van der Waals surface area contributed by atoms with Gasteiger partial charge in [0.1, 0.15) is 0 Å². The molecule has 10 heteroatoms. The van der Waals surface area contributed by atoms with E-state index in [1.807, 2.05) is 31.2 Å². The van der Waals surface area contributed by atoms with Crippen LogP contribution in [-0.2, 0) is 22.7 Å². The van der Waals surface area contributed by atoms with Gasteiger partial charge >= 0.3 is 6.18 Å². The van der Waals surface area contributed by atoms with E-state index in [1.54, 1.807) is 0 Å². The van der Waals surface area contributed by atoms with E-state index in [0.29, 0.717) is 5.69 Å². The molecule has 0 fully saturated rings. The second kappa shape index (κ2) is 9.44. The summed E-state index contributed by atoms with van der Waals surface area (Å²) >= 11 is 5.93. The van der Waals surface area contributed by atoms with Crippen LogP contribution in [0.3, 0.4) is 0 Å². The summed E-state index contributed by atoms with van der Waals surface area (Å²) in [5.41, 5.74) is 1.16. The van der Waals surface area contributed by atoms with Crippen LogP contribution in [0.15, 0.2) is 66.7 Å². The van der Waals surface area contributed by atoms with Crippen LogP contribution < -0.4 is 9.62 Å². The van der Waals surface area contributed by atoms with Gasteiger partial charge in [0.2, 0.25) is 10.0 Å². The molecule has 3 aromatic rings. The standard InChI is InChI=1S/C23H20ClF3N2O3S/c1-15-3-5-16(6-4-15)14-29(33(2,31)32)19-10-7-17(8-11-19)22(30)28-21-13-18(23(25,26)27)9-12-20(21)24/h3-13H,14H2,1-2H3,(H,28,30). The van der Waals surface area contributed by atoms with E-state index in [9.17, 15) is 26.4 Å². The molecule has 33 heavy (non-hydrogen) atoms. The van der Waals surface area contributed by atoms with Gasteiger partial charge in [0.25, 0.3) is 5.91 Å². The average molecular weight is 497 g/mol. The zero-order chi connectivity index (χ0) is 24.4. The van der Waals surface area contributed by atoms with Crippen LogP contribution in [0.1, 0.15) is 27.0 Å². The molecule has 1 amide bonds. The van der Waals surface area contributed by atoms with Gasteiger partial charge in [-0.1, -0.05) is 41.4 Å². The number of amides is 1. The van der Waals surface area contributed by atoms with Crippen molar-refractivity contribution in [2.24, 2.45) is 0 Å². The molecule has 5 nitrogen and oxygen atoms in total. The van der Waals surface area contributed by atoms with Crippen LogP contribution in [-0.4, -0.2) is 20.6 Å². The summed E-state index contributed by atoms with van der Waals surface area (Å²) in [6, 6.07) is 15.7. The number of aryl methyl sites for hydroxylation is 1. The first-order valence-electron chi connectivity index (χ1n) is 9.66. The highest BCUT2D eigenvalue weighted by Gasteiger charge is 2.31. The van der Waals surface area contributed by atoms with Gasteiger partial charge in [0.05, 0.1) is 34.8 Å². The summed E-state index contributed by atoms with van der Waals surface area (Å²) in [5.74, 6) is -0.688. The minimum Gasteiger partial charge on any atom is -0.321 e. The van der Waals surface area contributed by atoms with Crippen molar-refractivity contribution >= 4 is 38.9 Å². The van der Waals surface area contributed by atoms with Gasteiger partial charge in [-0.2, -0.15) is 13.2 Å². The third-order valence-electron chi connectivity index (χ3n) is 4.81. The Kier molecular flexibility index (Phi) is 7.04. The Bertz CT molecular complexity index is 1260. The maximum Gasteiger partial charge on any atom is 0.416 e. The minimum absolute atomic E-state index is 0.0469. The van der Waals surface area contributed by atoms with Crippen molar-refractivity contribution in [3.05, 3.63) is 94.0 Å². The molecule has 174 valence electrons. The van der Waals surface area contributed by atoms with E-state index in [1.165, 1.54) is 28.6 Å².